The van der Waals surface area contributed by atoms with E-state index in [1.807, 2.05) is 18.2 Å². The number of benzene rings is 1. The van der Waals surface area contributed by atoms with E-state index in [2.05, 4.69) is 52.4 Å². The van der Waals surface area contributed by atoms with Crippen LogP contribution in [-0.4, -0.2) is 4.98 Å². The molecular formula is C14H16BrClN2S. The van der Waals surface area contributed by atoms with Crippen molar-refractivity contribution in [3.05, 3.63) is 43.8 Å². The van der Waals surface area contributed by atoms with Gasteiger partial charge in [-0.15, -0.1) is 11.3 Å². The molecule has 0 aliphatic carbocycles. The molecule has 0 saturated heterocycles. The van der Waals surface area contributed by atoms with Crippen LogP contribution in [0.4, 0.5) is 5.69 Å². The number of aromatic nitrogens is 1. The fourth-order valence-corrected chi connectivity index (χ4v) is 2.98. The molecule has 1 aromatic carbocycles. The largest absolute Gasteiger partial charge is 0.378 e. The fourth-order valence-electron chi connectivity index (χ4n) is 1.52. The molecule has 2 nitrogen and oxygen atoms in total. The SMILES string of the molecule is CC(C)(C)c1csc(CNc2ccc(Cl)c(Br)c2)n1. The number of nitrogens with zero attached hydrogens (tertiary/aromatic N) is 1. The van der Waals surface area contributed by atoms with Gasteiger partial charge < -0.3 is 5.32 Å². The van der Waals surface area contributed by atoms with Crippen LogP contribution < -0.4 is 5.32 Å². The van der Waals surface area contributed by atoms with Crippen LogP contribution in [0.3, 0.4) is 0 Å². The molecule has 0 amide bonds. The first-order valence-corrected chi connectivity index (χ1v) is 8.05. The molecule has 0 fully saturated rings. The number of halogens is 2. The molecule has 5 heteroatoms. The summed E-state index contributed by atoms with van der Waals surface area (Å²) in [5.74, 6) is 0. The zero-order valence-electron chi connectivity index (χ0n) is 11.1. The second kappa shape index (κ2) is 5.81. The number of thiazole rings is 1. The molecule has 0 radical (unpaired) electrons. The third-order valence-electron chi connectivity index (χ3n) is 2.68. The van der Waals surface area contributed by atoms with Gasteiger partial charge in [-0.2, -0.15) is 0 Å². The average Bonchev–Trinajstić information content (AvgIpc) is 2.79. The smallest absolute Gasteiger partial charge is 0.112 e. The lowest BCUT2D eigenvalue weighted by atomic mass is 9.93. The molecule has 1 N–H and O–H groups in total. The van der Waals surface area contributed by atoms with E-state index in [4.69, 9.17) is 11.6 Å². The summed E-state index contributed by atoms with van der Waals surface area (Å²) < 4.78 is 0.897. The van der Waals surface area contributed by atoms with Gasteiger partial charge in [0.2, 0.25) is 0 Å². The Hall–Kier alpha value is -0.580. The minimum atomic E-state index is 0.109. The minimum absolute atomic E-state index is 0.109. The summed E-state index contributed by atoms with van der Waals surface area (Å²) in [5.41, 5.74) is 2.29. The van der Waals surface area contributed by atoms with E-state index in [1.54, 1.807) is 11.3 Å². The summed E-state index contributed by atoms with van der Waals surface area (Å²) in [7, 11) is 0. The predicted octanol–water partition coefficient (Wildman–Crippen LogP) is 5.47. The highest BCUT2D eigenvalue weighted by atomic mass is 79.9. The van der Waals surface area contributed by atoms with Crippen molar-refractivity contribution in [2.24, 2.45) is 0 Å². The molecular weight excluding hydrogens is 344 g/mol. The van der Waals surface area contributed by atoms with Gasteiger partial charge in [-0.1, -0.05) is 32.4 Å². The average molecular weight is 360 g/mol. The van der Waals surface area contributed by atoms with Gasteiger partial charge in [-0.25, -0.2) is 4.98 Å². The lowest BCUT2D eigenvalue weighted by Crippen LogP contribution is -2.11. The Labute approximate surface area is 131 Å². The number of nitrogens with one attached hydrogen (secondary N) is 1. The Morgan fingerprint density at radius 2 is 2.11 bits per heavy atom. The normalized spacial score (nSPS) is 11.6. The van der Waals surface area contributed by atoms with Crippen molar-refractivity contribution in [1.82, 2.24) is 4.98 Å². The quantitative estimate of drug-likeness (QED) is 0.786. The summed E-state index contributed by atoms with van der Waals surface area (Å²) in [6, 6.07) is 5.81. The molecule has 0 spiro atoms. The molecule has 2 rings (SSSR count). The Balaban J connectivity index is 2.02. The van der Waals surface area contributed by atoms with Crippen molar-refractivity contribution in [3.8, 4) is 0 Å². The van der Waals surface area contributed by atoms with Crippen LogP contribution >= 0.6 is 38.9 Å². The van der Waals surface area contributed by atoms with Gasteiger partial charge >= 0.3 is 0 Å². The highest BCUT2D eigenvalue weighted by Gasteiger charge is 2.17. The number of hydrogen-bond acceptors (Lipinski definition) is 3. The zero-order valence-corrected chi connectivity index (χ0v) is 14.3. The molecule has 0 unspecified atom stereocenters. The topological polar surface area (TPSA) is 24.9 Å². The van der Waals surface area contributed by atoms with Crippen LogP contribution in [-0.2, 0) is 12.0 Å². The van der Waals surface area contributed by atoms with Crippen LogP contribution in [0.25, 0.3) is 0 Å². The summed E-state index contributed by atoms with van der Waals surface area (Å²) in [4.78, 5) is 4.65. The molecule has 0 atom stereocenters. The minimum Gasteiger partial charge on any atom is -0.378 e. The van der Waals surface area contributed by atoms with Crippen molar-refractivity contribution < 1.29 is 0 Å². The van der Waals surface area contributed by atoms with Gasteiger partial charge in [0, 0.05) is 21.0 Å². The fraction of sp³-hybridized carbons (Fsp3) is 0.357. The Kier molecular flexibility index (Phi) is 4.54. The maximum absolute atomic E-state index is 5.97. The highest BCUT2D eigenvalue weighted by Crippen LogP contribution is 2.27. The van der Waals surface area contributed by atoms with Crippen molar-refractivity contribution in [3.63, 3.8) is 0 Å². The molecule has 0 bridgehead atoms. The predicted molar refractivity (Wildman–Crippen MR) is 87.3 cm³/mol. The van der Waals surface area contributed by atoms with Crippen LogP contribution in [0.15, 0.2) is 28.1 Å². The van der Waals surface area contributed by atoms with Crippen LogP contribution in [0.2, 0.25) is 5.02 Å². The molecule has 2 aromatic rings. The Bertz CT molecular complexity index is 575. The van der Waals surface area contributed by atoms with Gasteiger partial charge in [0.25, 0.3) is 0 Å². The van der Waals surface area contributed by atoms with E-state index in [0.29, 0.717) is 0 Å². The first-order valence-electron chi connectivity index (χ1n) is 6.00. The second-order valence-electron chi connectivity index (χ2n) is 5.36. The molecule has 19 heavy (non-hydrogen) atoms. The molecule has 1 aromatic heterocycles. The lowest BCUT2D eigenvalue weighted by Gasteiger charge is -2.14. The van der Waals surface area contributed by atoms with Gasteiger partial charge in [-0.3, -0.25) is 0 Å². The van der Waals surface area contributed by atoms with Gasteiger partial charge in [-0.05, 0) is 34.1 Å². The van der Waals surface area contributed by atoms with Crippen molar-refractivity contribution in [1.29, 1.82) is 0 Å². The van der Waals surface area contributed by atoms with Crippen LogP contribution in [0, 0.1) is 0 Å². The van der Waals surface area contributed by atoms with E-state index in [1.165, 1.54) is 0 Å². The molecule has 0 saturated carbocycles. The van der Waals surface area contributed by atoms with E-state index in [0.717, 1.165) is 32.4 Å². The van der Waals surface area contributed by atoms with E-state index in [9.17, 15) is 0 Å². The lowest BCUT2D eigenvalue weighted by molar-refractivity contribution is 0.571. The second-order valence-corrected chi connectivity index (χ2v) is 7.56. The summed E-state index contributed by atoms with van der Waals surface area (Å²) >= 11 is 11.1. The van der Waals surface area contributed by atoms with E-state index >= 15 is 0 Å². The summed E-state index contributed by atoms with van der Waals surface area (Å²) in [5, 5.41) is 7.30. The standard InChI is InChI=1S/C14H16BrClN2S/c1-14(2,3)12-8-19-13(18-12)7-17-9-4-5-11(16)10(15)6-9/h4-6,8,17H,7H2,1-3H3. The van der Waals surface area contributed by atoms with Crippen LogP contribution in [0.1, 0.15) is 31.5 Å². The third kappa shape index (κ3) is 3.94. The summed E-state index contributed by atoms with van der Waals surface area (Å²) in [6.45, 7) is 7.26. The van der Waals surface area contributed by atoms with Crippen molar-refractivity contribution >= 4 is 44.6 Å². The molecule has 1 heterocycles. The van der Waals surface area contributed by atoms with Crippen molar-refractivity contribution in [2.45, 2.75) is 32.7 Å². The number of hydrogen-bond donors (Lipinski definition) is 1. The Morgan fingerprint density at radius 1 is 1.37 bits per heavy atom. The number of anilines is 1. The first-order chi connectivity index (χ1) is 8.86. The van der Waals surface area contributed by atoms with E-state index in [-0.39, 0.29) is 5.41 Å². The van der Waals surface area contributed by atoms with E-state index < -0.39 is 0 Å². The Morgan fingerprint density at radius 3 is 2.68 bits per heavy atom. The zero-order chi connectivity index (χ0) is 14.0. The van der Waals surface area contributed by atoms with Gasteiger partial charge in [0.15, 0.2) is 0 Å². The highest BCUT2D eigenvalue weighted by molar-refractivity contribution is 9.10. The third-order valence-corrected chi connectivity index (χ3v) is 4.75. The maximum Gasteiger partial charge on any atom is 0.112 e. The van der Waals surface area contributed by atoms with Crippen molar-refractivity contribution in [2.75, 3.05) is 5.32 Å². The van der Waals surface area contributed by atoms with Gasteiger partial charge in [0.05, 0.1) is 17.3 Å². The summed E-state index contributed by atoms with van der Waals surface area (Å²) in [6.07, 6.45) is 0. The first kappa shape index (κ1) is 14.8. The van der Waals surface area contributed by atoms with Crippen LogP contribution in [0.5, 0.6) is 0 Å². The monoisotopic (exact) mass is 358 g/mol. The molecule has 0 aliphatic rings. The maximum atomic E-state index is 5.97. The molecule has 0 aliphatic heterocycles. The number of rotatable bonds is 3. The molecule has 102 valence electrons. The van der Waals surface area contributed by atoms with Gasteiger partial charge in [0.1, 0.15) is 5.01 Å².